The molecule has 0 atom stereocenters. The van der Waals surface area contributed by atoms with Crippen LogP contribution in [0.15, 0.2) is 0 Å². The van der Waals surface area contributed by atoms with Crippen LogP contribution < -0.4 is 0 Å². The molecule has 3 nitrogen and oxygen atoms in total. The molecule has 1 heterocycles. The van der Waals surface area contributed by atoms with Gasteiger partial charge >= 0.3 is 6.03 Å². The molecule has 2 amide bonds. The van der Waals surface area contributed by atoms with Gasteiger partial charge in [-0.1, -0.05) is 27.2 Å². The van der Waals surface area contributed by atoms with Crippen LogP contribution in [0.4, 0.5) is 4.79 Å². The van der Waals surface area contributed by atoms with Crippen molar-refractivity contribution >= 4 is 6.03 Å². The van der Waals surface area contributed by atoms with Crippen LogP contribution in [0.25, 0.3) is 0 Å². The van der Waals surface area contributed by atoms with Gasteiger partial charge in [-0.3, -0.25) is 0 Å². The van der Waals surface area contributed by atoms with Crippen molar-refractivity contribution in [1.82, 2.24) is 9.80 Å². The van der Waals surface area contributed by atoms with Gasteiger partial charge in [-0.15, -0.1) is 0 Å². The maximum absolute atomic E-state index is 11.8. The maximum atomic E-state index is 11.8. The smallest absolute Gasteiger partial charge is 0.320 e. The summed E-state index contributed by atoms with van der Waals surface area (Å²) in [7, 11) is 0. The molecule has 0 unspecified atom stereocenters. The lowest BCUT2D eigenvalue weighted by atomic mass is 10.2. The van der Waals surface area contributed by atoms with Gasteiger partial charge < -0.3 is 9.80 Å². The number of nitrogens with zero attached hydrogens (tertiary/aromatic N) is 2. The molecular formula is C11H22N2O. The van der Waals surface area contributed by atoms with Crippen molar-refractivity contribution in [2.45, 2.75) is 33.6 Å². The minimum absolute atomic E-state index is 0.243. The van der Waals surface area contributed by atoms with Crippen LogP contribution in [0.1, 0.15) is 33.6 Å². The number of carbonyl (C=O) groups is 1. The van der Waals surface area contributed by atoms with Gasteiger partial charge in [0, 0.05) is 26.2 Å². The second-order valence-corrected chi connectivity index (χ2v) is 4.46. The summed E-state index contributed by atoms with van der Waals surface area (Å²) in [5.41, 5.74) is 0. The van der Waals surface area contributed by atoms with Crippen molar-refractivity contribution in [3.63, 3.8) is 0 Å². The van der Waals surface area contributed by atoms with E-state index in [4.69, 9.17) is 0 Å². The van der Waals surface area contributed by atoms with Gasteiger partial charge in [0.05, 0.1) is 0 Å². The summed E-state index contributed by atoms with van der Waals surface area (Å²) in [4.78, 5) is 15.7. The van der Waals surface area contributed by atoms with E-state index in [1.54, 1.807) is 0 Å². The van der Waals surface area contributed by atoms with E-state index in [0.717, 1.165) is 39.0 Å². The van der Waals surface area contributed by atoms with Crippen molar-refractivity contribution in [3.8, 4) is 0 Å². The minimum Gasteiger partial charge on any atom is -0.323 e. The van der Waals surface area contributed by atoms with Gasteiger partial charge in [-0.25, -0.2) is 4.79 Å². The fourth-order valence-corrected chi connectivity index (χ4v) is 1.80. The quantitative estimate of drug-likeness (QED) is 0.664. The number of carbonyl (C=O) groups excluding carboxylic acids is 1. The second-order valence-electron chi connectivity index (χ2n) is 4.46. The monoisotopic (exact) mass is 198 g/mol. The Morgan fingerprint density at radius 1 is 1.29 bits per heavy atom. The SMILES string of the molecule is CCCCN1CCN(CC(C)C)C1=O. The lowest BCUT2D eigenvalue weighted by Crippen LogP contribution is -2.34. The number of amides is 2. The summed E-state index contributed by atoms with van der Waals surface area (Å²) in [6.07, 6.45) is 2.29. The van der Waals surface area contributed by atoms with Crippen LogP contribution in [-0.4, -0.2) is 42.0 Å². The first-order valence-corrected chi connectivity index (χ1v) is 5.69. The standard InChI is InChI=1S/C11H22N2O/c1-4-5-6-12-7-8-13(11(12)14)9-10(2)3/h10H,4-9H2,1-3H3. The Balaban J connectivity index is 2.35. The molecule has 0 bridgehead atoms. The highest BCUT2D eigenvalue weighted by Gasteiger charge is 2.27. The second kappa shape index (κ2) is 5.23. The van der Waals surface area contributed by atoms with Crippen molar-refractivity contribution in [1.29, 1.82) is 0 Å². The Kier molecular flexibility index (Phi) is 4.23. The molecule has 0 N–H and O–H groups in total. The van der Waals surface area contributed by atoms with Gasteiger partial charge in [-0.2, -0.15) is 0 Å². The lowest BCUT2D eigenvalue weighted by Gasteiger charge is -2.19. The summed E-state index contributed by atoms with van der Waals surface area (Å²) in [6.45, 7) is 10.1. The minimum atomic E-state index is 0.243. The fraction of sp³-hybridized carbons (Fsp3) is 0.909. The molecule has 1 saturated heterocycles. The number of hydrogen-bond acceptors (Lipinski definition) is 1. The van der Waals surface area contributed by atoms with Crippen molar-refractivity contribution in [2.75, 3.05) is 26.2 Å². The largest absolute Gasteiger partial charge is 0.323 e. The topological polar surface area (TPSA) is 23.6 Å². The fourth-order valence-electron chi connectivity index (χ4n) is 1.80. The molecule has 1 aliphatic rings. The third kappa shape index (κ3) is 2.89. The summed E-state index contributed by atoms with van der Waals surface area (Å²) < 4.78 is 0. The van der Waals surface area contributed by atoms with E-state index in [9.17, 15) is 4.79 Å². The van der Waals surface area contributed by atoms with E-state index >= 15 is 0 Å². The van der Waals surface area contributed by atoms with E-state index in [2.05, 4.69) is 20.8 Å². The Bertz CT molecular complexity index is 192. The van der Waals surface area contributed by atoms with Gasteiger partial charge in [0.15, 0.2) is 0 Å². The predicted octanol–water partition coefficient (Wildman–Crippen LogP) is 2.18. The normalized spacial score (nSPS) is 17.3. The van der Waals surface area contributed by atoms with Crippen LogP contribution in [0.3, 0.4) is 0 Å². The predicted molar refractivity (Wildman–Crippen MR) is 58.3 cm³/mol. The summed E-state index contributed by atoms with van der Waals surface area (Å²) in [5.74, 6) is 0.574. The Labute approximate surface area is 87.1 Å². The van der Waals surface area contributed by atoms with E-state index < -0.39 is 0 Å². The Morgan fingerprint density at radius 3 is 2.50 bits per heavy atom. The highest BCUT2D eigenvalue weighted by molar-refractivity contribution is 5.76. The average Bonchev–Trinajstić information content (AvgIpc) is 2.45. The third-order valence-corrected chi connectivity index (χ3v) is 2.55. The van der Waals surface area contributed by atoms with Crippen LogP contribution >= 0.6 is 0 Å². The molecular weight excluding hydrogens is 176 g/mol. The Hall–Kier alpha value is -0.730. The molecule has 14 heavy (non-hydrogen) atoms. The van der Waals surface area contributed by atoms with Gasteiger partial charge in [-0.05, 0) is 12.3 Å². The summed E-state index contributed by atoms with van der Waals surface area (Å²) >= 11 is 0. The Morgan fingerprint density at radius 2 is 1.93 bits per heavy atom. The zero-order valence-corrected chi connectivity index (χ0v) is 9.62. The van der Waals surface area contributed by atoms with E-state index in [0.29, 0.717) is 5.92 Å². The number of unbranched alkanes of at least 4 members (excludes halogenated alkanes) is 1. The first kappa shape index (κ1) is 11.3. The van der Waals surface area contributed by atoms with Crippen LogP contribution in [-0.2, 0) is 0 Å². The lowest BCUT2D eigenvalue weighted by molar-refractivity contribution is 0.187. The molecule has 3 heteroatoms. The van der Waals surface area contributed by atoms with Crippen molar-refractivity contribution in [3.05, 3.63) is 0 Å². The summed E-state index contributed by atoms with van der Waals surface area (Å²) in [6, 6.07) is 0.243. The third-order valence-electron chi connectivity index (χ3n) is 2.55. The highest BCUT2D eigenvalue weighted by Crippen LogP contribution is 2.11. The van der Waals surface area contributed by atoms with E-state index in [1.165, 1.54) is 0 Å². The molecule has 0 aromatic heterocycles. The molecule has 0 radical (unpaired) electrons. The molecule has 0 saturated carbocycles. The molecule has 1 rings (SSSR count). The number of hydrogen-bond donors (Lipinski definition) is 0. The van der Waals surface area contributed by atoms with Crippen molar-refractivity contribution in [2.24, 2.45) is 5.92 Å². The highest BCUT2D eigenvalue weighted by atomic mass is 16.2. The number of urea groups is 1. The molecule has 0 aromatic carbocycles. The van der Waals surface area contributed by atoms with Gasteiger partial charge in [0.2, 0.25) is 0 Å². The van der Waals surface area contributed by atoms with Crippen LogP contribution in [0.2, 0.25) is 0 Å². The van der Waals surface area contributed by atoms with Crippen LogP contribution in [0, 0.1) is 5.92 Å². The molecule has 0 aromatic rings. The molecule has 0 aliphatic carbocycles. The van der Waals surface area contributed by atoms with E-state index in [1.807, 2.05) is 9.80 Å². The van der Waals surface area contributed by atoms with Gasteiger partial charge in [0.25, 0.3) is 0 Å². The number of rotatable bonds is 5. The average molecular weight is 198 g/mol. The molecule has 0 spiro atoms. The molecule has 82 valence electrons. The van der Waals surface area contributed by atoms with Crippen LogP contribution in [0.5, 0.6) is 0 Å². The van der Waals surface area contributed by atoms with Crippen molar-refractivity contribution < 1.29 is 4.79 Å². The first-order chi connectivity index (χ1) is 6.65. The van der Waals surface area contributed by atoms with Gasteiger partial charge in [0.1, 0.15) is 0 Å². The molecule has 1 fully saturated rings. The summed E-state index contributed by atoms with van der Waals surface area (Å²) in [5, 5.41) is 0. The zero-order chi connectivity index (χ0) is 10.6. The molecule has 1 aliphatic heterocycles. The maximum Gasteiger partial charge on any atom is 0.320 e. The zero-order valence-electron chi connectivity index (χ0n) is 9.62. The van der Waals surface area contributed by atoms with E-state index in [-0.39, 0.29) is 6.03 Å². The first-order valence-electron chi connectivity index (χ1n) is 5.69.